The van der Waals surface area contributed by atoms with E-state index in [0.29, 0.717) is 0 Å². The maximum atomic E-state index is 6.27. The molecule has 0 aliphatic carbocycles. The van der Waals surface area contributed by atoms with Crippen LogP contribution in [0.2, 0.25) is 18.1 Å². The van der Waals surface area contributed by atoms with Crippen molar-refractivity contribution >= 4 is 24.2 Å². The molecule has 0 aliphatic heterocycles. The summed E-state index contributed by atoms with van der Waals surface area (Å²) in [5.74, 6) is 0.978. The first-order chi connectivity index (χ1) is 7.15. The summed E-state index contributed by atoms with van der Waals surface area (Å²) < 4.78 is 7.35. The molecule has 3 heteroatoms. The first kappa shape index (κ1) is 13.8. The van der Waals surface area contributed by atoms with E-state index < -0.39 is 8.32 Å². The molecule has 90 valence electrons. The molecule has 0 aromatic heterocycles. The average Bonchev–Trinajstić information content (AvgIpc) is 2.11. The van der Waals surface area contributed by atoms with Crippen molar-refractivity contribution in [1.82, 2.24) is 0 Å². The number of rotatable bonds is 2. The molecule has 0 saturated carbocycles. The van der Waals surface area contributed by atoms with Gasteiger partial charge < -0.3 is 4.43 Å². The largest absolute Gasteiger partial charge is 0.543 e. The average molecular weight is 301 g/mol. The lowest BCUT2D eigenvalue weighted by atomic mass is 10.2. The van der Waals surface area contributed by atoms with Crippen molar-refractivity contribution in [3.63, 3.8) is 0 Å². The molecular weight excluding hydrogens is 280 g/mol. The smallest absolute Gasteiger partial charge is 0.250 e. The van der Waals surface area contributed by atoms with Crippen molar-refractivity contribution in [3.8, 4) is 5.75 Å². The second-order valence-corrected chi connectivity index (χ2v) is 11.3. The summed E-state index contributed by atoms with van der Waals surface area (Å²) >= 11 is 3.60. The van der Waals surface area contributed by atoms with Gasteiger partial charge in [-0.3, -0.25) is 0 Å². The molecule has 0 radical (unpaired) electrons. The first-order valence-corrected chi connectivity index (χ1v) is 9.29. The van der Waals surface area contributed by atoms with Crippen molar-refractivity contribution in [3.05, 3.63) is 28.2 Å². The zero-order chi connectivity index (χ0) is 12.6. The van der Waals surface area contributed by atoms with E-state index in [4.69, 9.17) is 4.43 Å². The van der Waals surface area contributed by atoms with Gasteiger partial charge in [-0.05, 0) is 52.6 Å². The van der Waals surface area contributed by atoms with E-state index in [2.05, 4.69) is 62.8 Å². The Morgan fingerprint density at radius 3 is 2.25 bits per heavy atom. The lowest BCUT2D eigenvalue weighted by molar-refractivity contribution is 0.489. The zero-order valence-corrected chi connectivity index (χ0v) is 13.6. The Kier molecular flexibility index (Phi) is 3.90. The minimum absolute atomic E-state index is 0.232. The highest BCUT2D eigenvalue weighted by molar-refractivity contribution is 9.10. The van der Waals surface area contributed by atoms with Crippen LogP contribution in [-0.2, 0) is 0 Å². The van der Waals surface area contributed by atoms with Crippen LogP contribution in [0.25, 0.3) is 0 Å². The van der Waals surface area contributed by atoms with Gasteiger partial charge in [0.1, 0.15) is 5.75 Å². The molecule has 1 nitrogen and oxygen atoms in total. The number of aryl methyl sites for hydroxylation is 1. The summed E-state index contributed by atoms with van der Waals surface area (Å²) in [5, 5.41) is 0.232. The van der Waals surface area contributed by atoms with Crippen molar-refractivity contribution < 1.29 is 4.43 Å². The normalized spacial score (nSPS) is 12.7. The lowest BCUT2D eigenvalue weighted by Crippen LogP contribution is -2.43. The molecule has 0 heterocycles. The van der Waals surface area contributed by atoms with E-state index in [1.165, 1.54) is 5.56 Å². The van der Waals surface area contributed by atoms with Crippen LogP contribution in [0.5, 0.6) is 5.75 Å². The predicted octanol–water partition coefficient (Wildman–Crippen LogP) is 5.14. The fourth-order valence-electron chi connectivity index (χ4n) is 1.13. The highest BCUT2D eigenvalue weighted by Gasteiger charge is 2.39. The molecule has 0 spiro atoms. The Hall–Kier alpha value is -0.283. The van der Waals surface area contributed by atoms with Gasteiger partial charge in [0, 0.05) is 0 Å². The molecule has 0 saturated heterocycles. The molecule has 0 bridgehead atoms. The standard InChI is InChI=1S/C13H21BrOSi/c1-10-8-7-9-11(12(10)14)15-16(5,6)13(2,3)4/h7-9H,1-6H3. The van der Waals surface area contributed by atoms with Gasteiger partial charge in [-0.15, -0.1) is 0 Å². The summed E-state index contributed by atoms with van der Waals surface area (Å²) in [6, 6.07) is 6.17. The third-order valence-corrected chi connectivity index (χ3v) is 8.69. The fraction of sp³-hybridized carbons (Fsp3) is 0.538. The molecule has 0 aliphatic rings. The Bertz CT molecular complexity index is 380. The van der Waals surface area contributed by atoms with E-state index in [1.54, 1.807) is 0 Å². The SMILES string of the molecule is Cc1cccc(O[Si](C)(C)C(C)(C)C)c1Br. The van der Waals surface area contributed by atoms with Crippen molar-refractivity contribution in [1.29, 1.82) is 0 Å². The minimum Gasteiger partial charge on any atom is -0.543 e. The van der Waals surface area contributed by atoms with E-state index in [0.717, 1.165) is 10.2 Å². The van der Waals surface area contributed by atoms with Gasteiger partial charge in [0.2, 0.25) is 0 Å². The number of halogens is 1. The molecule has 0 fully saturated rings. The van der Waals surface area contributed by atoms with E-state index in [-0.39, 0.29) is 5.04 Å². The Balaban J connectivity index is 3.02. The highest BCUT2D eigenvalue weighted by Crippen LogP contribution is 2.39. The number of benzene rings is 1. The fourth-order valence-corrected chi connectivity index (χ4v) is 2.65. The van der Waals surface area contributed by atoms with Crippen molar-refractivity contribution in [2.45, 2.75) is 45.8 Å². The summed E-state index contributed by atoms with van der Waals surface area (Å²) in [6.07, 6.45) is 0. The van der Waals surface area contributed by atoms with Crippen LogP contribution in [0.4, 0.5) is 0 Å². The quantitative estimate of drug-likeness (QED) is 0.687. The molecule has 16 heavy (non-hydrogen) atoms. The van der Waals surface area contributed by atoms with Gasteiger partial charge >= 0.3 is 0 Å². The second-order valence-electron chi connectivity index (χ2n) is 5.75. The van der Waals surface area contributed by atoms with E-state index >= 15 is 0 Å². The van der Waals surface area contributed by atoms with Gasteiger partial charge in [-0.1, -0.05) is 32.9 Å². The van der Waals surface area contributed by atoms with Crippen LogP contribution in [0.3, 0.4) is 0 Å². The van der Waals surface area contributed by atoms with Gasteiger partial charge in [0.15, 0.2) is 0 Å². The van der Waals surface area contributed by atoms with Crippen molar-refractivity contribution in [2.24, 2.45) is 0 Å². The highest BCUT2D eigenvalue weighted by atomic mass is 79.9. The van der Waals surface area contributed by atoms with Gasteiger partial charge in [0.25, 0.3) is 8.32 Å². The molecule has 1 aromatic rings. The van der Waals surface area contributed by atoms with Crippen LogP contribution in [-0.4, -0.2) is 8.32 Å². The summed E-state index contributed by atoms with van der Waals surface area (Å²) in [7, 11) is -1.73. The number of hydrogen-bond donors (Lipinski definition) is 0. The van der Waals surface area contributed by atoms with Crippen LogP contribution in [0.15, 0.2) is 22.7 Å². The van der Waals surface area contributed by atoms with Crippen LogP contribution >= 0.6 is 15.9 Å². The number of hydrogen-bond acceptors (Lipinski definition) is 1. The van der Waals surface area contributed by atoms with Gasteiger partial charge in [-0.2, -0.15) is 0 Å². The predicted molar refractivity (Wildman–Crippen MR) is 76.7 cm³/mol. The Labute approximate surface area is 108 Å². The van der Waals surface area contributed by atoms with E-state index in [9.17, 15) is 0 Å². The molecule has 1 rings (SSSR count). The first-order valence-electron chi connectivity index (χ1n) is 5.59. The monoisotopic (exact) mass is 300 g/mol. The second kappa shape index (κ2) is 4.53. The van der Waals surface area contributed by atoms with Crippen LogP contribution in [0.1, 0.15) is 26.3 Å². The molecule has 0 N–H and O–H groups in total. The minimum atomic E-state index is -1.73. The Morgan fingerprint density at radius 1 is 1.19 bits per heavy atom. The lowest BCUT2D eigenvalue weighted by Gasteiger charge is -2.36. The zero-order valence-electron chi connectivity index (χ0n) is 11.0. The molecule has 0 atom stereocenters. The van der Waals surface area contributed by atoms with Crippen LogP contribution in [0, 0.1) is 6.92 Å². The van der Waals surface area contributed by atoms with Crippen LogP contribution < -0.4 is 4.43 Å². The topological polar surface area (TPSA) is 9.23 Å². The van der Waals surface area contributed by atoms with Crippen molar-refractivity contribution in [2.75, 3.05) is 0 Å². The Morgan fingerprint density at radius 2 is 1.75 bits per heavy atom. The molecule has 0 unspecified atom stereocenters. The van der Waals surface area contributed by atoms with Gasteiger partial charge in [-0.25, -0.2) is 0 Å². The molecular formula is C13H21BrOSi. The third kappa shape index (κ3) is 2.89. The third-order valence-electron chi connectivity index (χ3n) is 3.33. The summed E-state index contributed by atoms with van der Waals surface area (Å²) in [4.78, 5) is 0. The summed E-state index contributed by atoms with van der Waals surface area (Å²) in [5.41, 5.74) is 1.22. The van der Waals surface area contributed by atoms with Gasteiger partial charge in [0.05, 0.1) is 4.47 Å². The van der Waals surface area contributed by atoms with E-state index in [1.807, 2.05) is 12.1 Å². The maximum Gasteiger partial charge on any atom is 0.250 e. The molecule has 1 aromatic carbocycles. The maximum absolute atomic E-state index is 6.27. The molecule has 0 amide bonds. The summed E-state index contributed by atoms with van der Waals surface area (Å²) in [6.45, 7) is 13.4.